The van der Waals surface area contributed by atoms with Crippen LogP contribution in [0.2, 0.25) is 0 Å². The van der Waals surface area contributed by atoms with Crippen molar-refractivity contribution in [3.05, 3.63) is 59.4 Å². The van der Waals surface area contributed by atoms with Crippen LogP contribution in [-0.2, 0) is 26.7 Å². The van der Waals surface area contributed by atoms with Gasteiger partial charge in [0.1, 0.15) is 0 Å². The van der Waals surface area contributed by atoms with Crippen molar-refractivity contribution in [3.8, 4) is 0 Å². The zero-order valence-corrected chi connectivity index (χ0v) is 15.1. The number of carbonyl (C=O) groups excluding carboxylic acids is 1. The molecule has 0 radical (unpaired) electrons. The molecule has 0 saturated heterocycles. The number of sulfonamides is 1. The molecule has 2 aromatic rings. The molecule has 2 rings (SSSR count). The molecule has 0 unspecified atom stereocenters. The summed E-state index contributed by atoms with van der Waals surface area (Å²) in [5.41, 5.74) is 1.97. The normalized spacial score (nSPS) is 12.0. The van der Waals surface area contributed by atoms with Crippen molar-refractivity contribution in [2.45, 2.75) is 44.4 Å². The molecule has 5 nitrogen and oxygen atoms in total. The van der Waals surface area contributed by atoms with Crippen LogP contribution in [0, 0.1) is 6.92 Å². The number of rotatable bonds is 4. The maximum atomic E-state index is 12.6. The van der Waals surface area contributed by atoms with Gasteiger partial charge < -0.3 is 0 Å². The number of hydrogen-bond acceptors (Lipinski definition) is 4. The van der Waals surface area contributed by atoms with E-state index >= 15 is 0 Å². The Morgan fingerprint density at radius 1 is 1.21 bits per heavy atom. The molecule has 0 atom stereocenters. The monoisotopic (exact) mass is 346 g/mol. The predicted octanol–water partition coefficient (Wildman–Crippen LogP) is 2.74. The quantitative estimate of drug-likeness (QED) is 0.923. The van der Waals surface area contributed by atoms with E-state index in [9.17, 15) is 13.2 Å². The fourth-order valence-corrected chi connectivity index (χ4v) is 3.54. The minimum absolute atomic E-state index is 0.0366. The minimum Gasteiger partial charge on any atom is -0.274 e. The van der Waals surface area contributed by atoms with Gasteiger partial charge in [-0.05, 0) is 41.2 Å². The number of pyridine rings is 1. The highest BCUT2D eigenvalue weighted by Crippen LogP contribution is 2.26. The van der Waals surface area contributed by atoms with Crippen LogP contribution < -0.4 is 4.72 Å². The lowest BCUT2D eigenvalue weighted by Crippen LogP contribution is -2.32. The maximum Gasteiger partial charge on any atom is 0.264 e. The Bertz CT molecular complexity index is 838. The summed E-state index contributed by atoms with van der Waals surface area (Å²) >= 11 is 0. The van der Waals surface area contributed by atoms with Gasteiger partial charge in [-0.1, -0.05) is 39.0 Å². The van der Waals surface area contributed by atoms with Crippen LogP contribution in [0.1, 0.15) is 37.5 Å². The van der Waals surface area contributed by atoms with Crippen molar-refractivity contribution in [1.29, 1.82) is 0 Å². The fraction of sp³-hybridized carbons (Fsp3) is 0.333. The first-order valence-corrected chi connectivity index (χ1v) is 9.13. The molecule has 0 aliphatic carbocycles. The van der Waals surface area contributed by atoms with Gasteiger partial charge in [0.05, 0.1) is 11.3 Å². The highest BCUT2D eigenvalue weighted by atomic mass is 32.2. The molecule has 0 fully saturated rings. The van der Waals surface area contributed by atoms with Crippen LogP contribution >= 0.6 is 0 Å². The molecular weight excluding hydrogens is 324 g/mol. The zero-order valence-electron chi connectivity index (χ0n) is 14.3. The molecule has 1 amide bonds. The second-order valence-electron chi connectivity index (χ2n) is 6.80. The van der Waals surface area contributed by atoms with Crippen molar-refractivity contribution < 1.29 is 13.2 Å². The van der Waals surface area contributed by atoms with E-state index in [4.69, 9.17) is 0 Å². The molecule has 1 aromatic carbocycles. The Balaban J connectivity index is 2.26. The lowest BCUT2D eigenvalue weighted by molar-refractivity contribution is -0.118. The fourth-order valence-electron chi connectivity index (χ4n) is 2.29. The summed E-state index contributed by atoms with van der Waals surface area (Å²) in [4.78, 5) is 16.1. The van der Waals surface area contributed by atoms with E-state index in [0.717, 1.165) is 5.56 Å². The van der Waals surface area contributed by atoms with E-state index in [1.807, 2.05) is 26.8 Å². The molecular formula is C18H22N2O3S. The summed E-state index contributed by atoms with van der Waals surface area (Å²) < 4.78 is 27.3. The average molecular weight is 346 g/mol. The molecule has 0 spiro atoms. The number of amides is 1. The third-order valence-corrected chi connectivity index (χ3v) is 5.19. The van der Waals surface area contributed by atoms with Gasteiger partial charge in [-0.15, -0.1) is 0 Å². The predicted molar refractivity (Wildman–Crippen MR) is 93.1 cm³/mol. The first-order chi connectivity index (χ1) is 11.1. The summed E-state index contributed by atoms with van der Waals surface area (Å²) in [6.45, 7) is 7.74. The molecule has 0 aliphatic heterocycles. The summed E-state index contributed by atoms with van der Waals surface area (Å²) in [6, 6.07) is 8.74. The Hall–Kier alpha value is -2.21. The average Bonchev–Trinajstić information content (AvgIpc) is 2.46. The van der Waals surface area contributed by atoms with Gasteiger partial charge in [0.25, 0.3) is 10.0 Å². The highest BCUT2D eigenvalue weighted by molar-refractivity contribution is 7.90. The minimum atomic E-state index is -3.91. The molecule has 1 aromatic heterocycles. The van der Waals surface area contributed by atoms with Crippen LogP contribution in [0.5, 0.6) is 0 Å². The van der Waals surface area contributed by atoms with E-state index in [-0.39, 0.29) is 16.7 Å². The first kappa shape index (κ1) is 18.1. The van der Waals surface area contributed by atoms with Gasteiger partial charge in [0.2, 0.25) is 5.91 Å². The summed E-state index contributed by atoms with van der Waals surface area (Å²) in [5.74, 6) is -0.580. The van der Waals surface area contributed by atoms with Crippen molar-refractivity contribution in [1.82, 2.24) is 9.71 Å². The van der Waals surface area contributed by atoms with E-state index < -0.39 is 15.9 Å². The van der Waals surface area contributed by atoms with Crippen LogP contribution in [0.3, 0.4) is 0 Å². The molecule has 128 valence electrons. The lowest BCUT2D eigenvalue weighted by Gasteiger charge is -2.20. The molecule has 6 heteroatoms. The second-order valence-corrected chi connectivity index (χ2v) is 8.45. The van der Waals surface area contributed by atoms with Gasteiger partial charge in [-0.25, -0.2) is 13.1 Å². The lowest BCUT2D eigenvalue weighted by atomic mass is 9.87. The van der Waals surface area contributed by atoms with E-state index in [1.165, 1.54) is 6.20 Å². The van der Waals surface area contributed by atoms with Gasteiger partial charge in [0, 0.05) is 12.4 Å². The third-order valence-electron chi connectivity index (χ3n) is 3.68. The first-order valence-electron chi connectivity index (χ1n) is 7.65. The Kier molecular flexibility index (Phi) is 5.08. The topological polar surface area (TPSA) is 76.1 Å². The smallest absolute Gasteiger partial charge is 0.264 e. The Morgan fingerprint density at radius 2 is 1.92 bits per heavy atom. The third kappa shape index (κ3) is 4.41. The van der Waals surface area contributed by atoms with Crippen LogP contribution in [0.25, 0.3) is 0 Å². The van der Waals surface area contributed by atoms with E-state index in [0.29, 0.717) is 11.1 Å². The number of aryl methyl sites for hydroxylation is 1. The number of nitrogens with one attached hydrogen (secondary N) is 1. The Morgan fingerprint density at radius 3 is 2.50 bits per heavy atom. The largest absolute Gasteiger partial charge is 0.274 e. The van der Waals surface area contributed by atoms with E-state index in [1.54, 1.807) is 37.4 Å². The van der Waals surface area contributed by atoms with Gasteiger partial charge in [-0.3, -0.25) is 9.78 Å². The van der Waals surface area contributed by atoms with Gasteiger partial charge in [-0.2, -0.15) is 0 Å². The molecule has 0 aliphatic rings. The van der Waals surface area contributed by atoms with Gasteiger partial charge in [0.15, 0.2) is 0 Å². The number of aromatic nitrogens is 1. The van der Waals surface area contributed by atoms with Crippen LogP contribution in [0.15, 0.2) is 47.6 Å². The van der Waals surface area contributed by atoms with E-state index in [2.05, 4.69) is 9.71 Å². The number of hydrogen-bond donors (Lipinski definition) is 1. The number of nitrogens with zero attached hydrogens (tertiary/aromatic N) is 1. The highest BCUT2D eigenvalue weighted by Gasteiger charge is 2.23. The maximum absolute atomic E-state index is 12.6. The van der Waals surface area contributed by atoms with Crippen molar-refractivity contribution in [3.63, 3.8) is 0 Å². The summed E-state index contributed by atoms with van der Waals surface area (Å²) in [6.07, 6.45) is 3.10. The molecule has 24 heavy (non-hydrogen) atoms. The molecule has 1 N–H and O–H groups in total. The van der Waals surface area contributed by atoms with Gasteiger partial charge >= 0.3 is 0 Å². The SMILES string of the molecule is Cc1ccc(C(C)(C)C)cc1S(=O)(=O)NC(=O)Cc1cccnc1. The van der Waals surface area contributed by atoms with Crippen molar-refractivity contribution in [2.75, 3.05) is 0 Å². The summed E-state index contributed by atoms with van der Waals surface area (Å²) in [7, 11) is -3.91. The van der Waals surface area contributed by atoms with Crippen molar-refractivity contribution >= 4 is 15.9 Å². The van der Waals surface area contributed by atoms with Crippen LogP contribution in [0.4, 0.5) is 0 Å². The molecule has 0 bridgehead atoms. The van der Waals surface area contributed by atoms with Crippen molar-refractivity contribution in [2.24, 2.45) is 0 Å². The standard InChI is InChI=1S/C18H22N2O3S/c1-13-7-8-15(18(2,3)4)11-16(13)24(22,23)20-17(21)10-14-6-5-9-19-12-14/h5-9,11-12H,10H2,1-4H3,(H,20,21). The second kappa shape index (κ2) is 6.73. The zero-order chi connectivity index (χ0) is 18.0. The summed E-state index contributed by atoms with van der Waals surface area (Å²) in [5, 5.41) is 0. The van der Waals surface area contributed by atoms with Crippen LogP contribution in [-0.4, -0.2) is 19.3 Å². The molecule has 1 heterocycles. The Labute approximate surface area is 143 Å². The molecule has 0 saturated carbocycles. The number of benzene rings is 1. The number of carbonyl (C=O) groups is 1.